The Labute approximate surface area is 199 Å². The molecule has 33 heavy (non-hydrogen) atoms. The molecular weight excluding hydrogens is 436 g/mol. The highest BCUT2D eigenvalue weighted by Gasteiger charge is 2.21. The molecule has 0 aliphatic carbocycles. The molecular formula is C25H27ClN6O. The Balaban J connectivity index is 1.52. The molecule has 0 spiro atoms. The number of hydrogen-bond acceptors (Lipinski definition) is 6. The third kappa shape index (κ3) is 4.99. The number of nitrogens with one attached hydrogen (secondary N) is 2. The highest BCUT2D eigenvalue weighted by atomic mass is 35.5. The van der Waals surface area contributed by atoms with Gasteiger partial charge in [-0.2, -0.15) is 0 Å². The number of carbonyl (C=O) groups is 1. The molecule has 1 amide bonds. The number of amides is 1. The van der Waals surface area contributed by atoms with Gasteiger partial charge < -0.3 is 15.5 Å². The normalized spacial score (nSPS) is 13.5. The fourth-order valence-electron chi connectivity index (χ4n) is 3.93. The van der Waals surface area contributed by atoms with Gasteiger partial charge in [-0.15, -0.1) is 0 Å². The quantitative estimate of drug-likeness (QED) is 0.553. The molecule has 4 rings (SSSR count). The lowest BCUT2D eigenvalue weighted by atomic mass is 10.1. The number of benzene rings is 2. The van der Waals surface area contributed by atoms with Gasteiger partial charge in [0.25, 0.3) is 5.91 Å². The van der Waals surface area contributed by atoms with E-state index in [1.54, 1.807) is 19.1 Å². The van der Waals surface area contributed by atoms with Crippen LogP contribution in [0.25, 0.3) is 0 Å². The topological polar surface area (TPSA) is 73.4 Å². The lowest BCUT2D eigenvalue weighted by molar-refractivity contribution is 0.0996. The molecule has 8 heteroatoms. The first-order chi connectivity index (χ1) is 16.0. The van der Waals surface area contributed by atoms with E-state index in [1.165, 1.54) is 28.5 Å². The third-order valence-corrected chi connectivity index (χ3v) is 5.95. The van der Waals surface area contributed by atoms with E-state index < -0.39 is 0 Å². The van der Waals surface area contributed by atoms with Crippen LogP contribution in [0.5, 0.6) is 0 Å². The van der Waals surface area contributed by atoms with E-state index in [0.29, 0.717) is 27.9 Å². The van der Waals surface area contributed by atoms with Gasteiger partial charge in [0.1, 0.15) is 0 Å². The lowest BCUT2D eigenvalue weighted by Gasteiger charge is -2.30. The van der Waals surface area contributed by atoms with Crippen molar-refractivity contribution in [3.05, 3.63) is 83.3 Å². The van der Waals surface area contributed by atoms with Gasteiger partial charge in [0.2, 0.25) is 5.95 Å². The summed E-state index contributed by atoms with van der Waals surface area (Å²) in [5, 5.41) is 7.09. The van der Waals surface area contributed by atoms with Gasteiger partial charge in [-0.05, 0) is 49.7 Å². The number of hydrogen-bond donors (Lipinski definition) is 2. The monoisotopic (exact) mass is 462 g/mol. The van der Waals surface area contributed by atoms with E-state index in [0.717, 1.165) is 31.9 Å². The van der Waals surface area contributed by atoms with Crippen LogP contribution in [0.4, 0.5) is 23.0 Å². The zero-order valence-electron chi connectivity index (χ0n) is 18.8. The minimum atomic E-state index is -0.293. The average Bonchev–Trinajstić information content (AvgIpc) is 2.81. The van der Waals surface area contributed by atoms with E-state index >= 15 is 0 Å². The summed E-state index contributed by atoms with van der Waals surface area (Å²) in [5.41, 5.74) is 4.82. The Bertz CT molecular complexity index is 1180. The van der Waals surface area contributed by atoms with Crippen molar-refractivity contribution in [2.75, 3.05) is 41.3 Å². The van der Waals surface area contributed by atoms with E-state index in [1.807, 2.05) is 18.2 Å². The summed E-state index contributed by atoms with van der Waals surface area (Å²) in [6, 6.07) is 13.4. The number of anilines is 4. The first-order valence-corrected chi connectivity index (χ1v) is 11.2. The first-order valence-electron chi connectivity index (χ1n) is 10.9. The van der Waals surface area contributed by atoms with E-state index in [2.05, 4.69) is 51.1 Å². The fraction of sp³-hybridized carbons (Fsp3) is 0.240. The minimum absolute atomic E-state index is 0.293. The second kappa shape index (κ2) is 10.0. The Morgan fingerprint density at radius 1 is 1.21 bits per heavy atom. The molecule has 0 atom stereocenters. The summed E-state index contributed by atoms with van der Waals surface area (Å²) in [7, 11) is 0. The van der Waals surface area contributed by atoms with Crippen LogP contribution in [0.15, 0.2) is 61.4 Å². The fourth-order valence-corrected chi connectivity index (χ4v) is 4.15. The van der Waals surface area contributed by atoms with Crippen LogP contribution in [0.3, 0.4) is 0 Å². The molecule has 0 saturated carbocycles. The van der Waals surface area contributed by atoms with Crippen LogP contribution >= 0.6 is 11.6 Å². The van der Waals surface area contributed by atoms with Crippen LogP contribution in [-0.4, -0.2) is 42.1 Å². The van der Waals surface area contributed by atoms with Gasteiger partial charge in [0, 0.05) is 50.0 Å². The predicted octanol–water partition coefficient (Wildman–Crippen LogP) is 4.69. The SMILES string of the molecule is C=CN(C(=O)c1cnc(Nc2ccc(N3CCNCC3)c(C)c2)nc1C)c1ccccc1Cl. The number of halogens is 1. The molecule has 0 bridgehead atoms. The lowest BCUT2D eigenvalue weighted by Crippen LogP contribution is -2.43. The van der Waals surface area contributed by atoms with Crippen molar-refractivity contribution >= 4 is 40.5 Å². The molecule has 1 aromatic heterocycles. The number of rotatable bonds is 6. The molecule has 2 heterocycles. The second-order valence-corrected chi connectivity index (χ2v) is 8.27. The maximum atomic E-state index is 13.1. The maximum Gasteiger partial charge on any atom is 0.265 e. The summed E-state index contributed by atoms with van der Waals surface area (Å²) in [6.45, 7) is 11.7. The molecule has 2 aromatic carbocycles. The van der Waals surface area contributed by atoms with Crippen LogP contribution in [-0.2, 0) is 0 Å². The summed E-state index contributed by atoms with van der Waals surface area (Å²) in [4.78, 5) is 25.8. The zero-order chi connectivity index (χ0) is 23.4. The molecule has 1 aliphatic rings. The van der Waals surface area contributed by atoms with Gasteiger partial charge in [0.05, 0.1) is 22.0 Å². The third-order valence-electron chi connectivity index (χ3n) is 5.63. The van der Waals surface area contributed by atoms with Crippen LogP contribution in [0.2, 0.25) is 5.02 Å². The highest BCUT2D eigenvalue weighted by Crippen LogP contribution is 2.28. The Kier molecular flexibility index (Phi) is 6.91. The first kappa shape index (κ1) is 22.8. The molecule has 0 unspecified atom stereocenters. The number of aryl methyl sites for hydroxylation is 2. The standard InChI is InChI=1S/C25H27ClN6O/c1-4-32(23-8-6-5-7-21(23)26)24(33)20-16-28-25(29-18(20)3)30-19-9-10-22(17(2)15-19)31-13-11-27-12-14-31/h4-10,15-16,27H,1,11-14H2,2-3H3,(H,28,29,30). The molecule has 0 radical (unpaired) electrons. The zero-order valence-corrected chi connectivity index (χ0v) is 19.6. The van der Waals surface area contributed by atoms with Crippen molar-refractivity contribution < 1.29 is 4.79 Å². The molecule has 3 aromatic rings. The van der Waals surface area contributed by atoms with Crippen molar-refractivity contribution in [1.29, 1.82) is 0 Å². The number of nitrogens with zero attached hydrogens (tertiary/aromatic N) is 4. The number of para-hydroxylation sites is 1. The van der Waals surface area contributed by atoms with Gasteiger partial charge >= 0.3 is 0 Å². The summed E-state index contributed by atoms with van der Waals surface area (Å²) < 4.78 is 0. The van der Waals surface area contributed by atoms with Crippen LogP contribution in [0.1, 0.15) is 21.6 Å². The summed E-state index contributed by atoms with van der Waals surface area (Å²) in [6.07, 6.45) is 2.97. The summed E-state index contributed by atoms with van der Waals surface area (Å²) >= 11 is 6.27. The minimum Gasteiger partial charge on any atom is -0.369 e. The van der Waals surface area contributed by atoms with Gasteiger partial charge in [-0.25, -0.2) is 9.97 Å². The molecule has 1 saturated heterocycles. The van der Waals surface area contributed by atoms with Gasteiger partial charge in [0.15, 0.2) is 0 Å². The van der Waals surface area contributed by atoms with E-state index in [-0.39, 0.29) is 5.91 Å². The van der Waals surface area contributed by atoms with E-state index in [4.69, 9.17) is 11.6 Å². The molecule has 1 fully saturated rings. The maximum absolute atomic E-state index is 13.1. The molecule has 7 nitrogen and oxygen atoms in total. The van der Waals surface area contributed by atoms with Crippen molar-refractivity contribution in [3.8, 4) is 0 Å². The highest BCUT2D eigenvalue weighted by molar-refractivity contribution is 6.34. The summed E-state index contributed by atoms with van der Waals surface area (Å²) in [5.74, 6) is 0.139. The molecule has 170 valence electrons. The van der Waals surface area contributed by atoms with Crippen molar-refractivity contribution in [1.82, 2.24) is 15.3 Å². The van der Waals surface area contributed by atoms with Gasteiger partial charge in [-0.1, -0.05) is 30.3 Å². The molecule has 1 aliphatic heterocycles. The van der Waals surface area contributed by atoms with Crippen LogP contribution < -0.4 is 20.4 Å². The Morgan fingerprint density at radius 3 is 2.64 bits per heavy atom. The number of aromatic nitrogens is 2. The van der Waals surface area contributed by atoms with Crippen molar-refractivity contribution in [2.45, 2.75) is 13.8 Å². The average molecular weight is 463 g/mol. The smallest absolute Gasteiger partial charge is 0.265 e. The van der Waals surface area contributed by atoms with Gasteiger partial charge in [-0.3, -0.25) is 9.69 Å². The van der Waals surface area contributed by atoms with Crippen LogP contribution in [0, 0.1) is 13.8 Å². The number of carbonyl (C=O) groups excluding carboxylic acids is 1. The second-order valence-electron chi connectivity index (χ2n) is 7.87. The Morgan fingerprint density at radius 2 is 1.97 bits per heavy atom. The number of piperazine rings is 1. The predicted molar refractivity (Wildman–Crippen MR) is 135 cm³/mol. The van der Waals surface area contributed by atoms with Crippen molar-refractivity contribution in [3.63, 3.8) is 0 Å². The molecule has 2 N–H and O–H groups in total. The largest absolute Gasteiger partial charge is 0.369 e. The van der Waals surface area contributed by atoms with E-state index in [9.17, 15) is 4.79 Å². The Hall–Kier alpha value is -3.42. The van der Waals surface area contributed by atoms with Crippen molar-refractivity contribution in [2.24, 2.45) is 0 Å².